The third-order valence-electron chi connectivity index (χ3n) is 14.9. The lowest BCUT2D eigenvalue weighted by Crippen LogP contribution is -2.62. The first kappa shape index (κ1) is 65.7. The summed E-state index contributed by atoms with van der Waals surface area (Å²) in [6.07, 6.45) is 2.32. The first-order valence-corrected chi connectivity index (χ1v) is 28.0. The van der Waals surface area contributed by atoms with Gasteiger partial charge >= 0.3 is 5.97 Å². The number of carboxylic acid groups (broad SMARTS) is 1. The summed E-state index contributed by atoms with van der Waals surface area (Å²) >= 11 is 0. The van der Waals surface area contributed by atoms with Crippen LogP contribution in [0.5, 0.6) is 11.5 Å². The number of aromatic nitrogens is 3. The fourth-order valence-corrected chi connectivity index (χ4v) is 9.78. The maximum absolute atomic E-state index is 14.7. The van der Waals surface area contributed by atoms with Gasteiger partial charge in [0.2, 0.25) is 53.2 Å². The predicted octanol–water partition coefficient (Wildman–Crippen LogP) is -1.95. The van der Waals surface area contributed by atoms with Crippen molar-refractivity contribution in [1.82, 2.24) is 57.1 Å². The van der Waals surface area contributed by atoms with Gasteiger partial charge in [-0.3, -0.25) is 43.2 Å². The number of aliphatic carboxylic acids is 1. The van der Waals surface area contributed by atoms with Crippen LogP contribution in [0.3, 0.4) is 0 Å². The van der Waals surface area contributed by atoms with Gasteiger partial charge in [0.05, 0.1) is 25.1 Å². The molecule has 1 aliphatic heterocycles. The standard InChI is InChI=1S/C58H75N13O15/c1-4-30(2)48(57(84)71-21-7-10-46(71)56(83)67-44(54(81)70-49(31(3)73)58(85)86)24-34-26-62-40-9-6-5-8-38(34)40)69-55(82)45(28-72)68-53(80)43(23-33-13-17-37(75)18-14-33)66-52(79)42(22-32-11-15-36(74)16-12-32)65-51(78)41(19-20-47(60)76)64-50(77)39(59)25-35-27-61-29-63-35/h5-6,8-9,11-18,26-27,29-31,39,41-46,48-49,62,72-75H,4,7,10,19-25,28,59H2,1-3H3,(H2,60,76)(H,61,63)(H,64,77)(H,65,78)(H,66,79)(H,67,83)(H,68,80)(H,69,82)(H,70,81)(H,85,86)/t30-,31+,39-,41-,42-,43-,44-,45-,46-,48-,49-/m0/s1. The molecule has 0 aliphatic carbocycles. The third-order valence-corrected chi connectivity index (χ3v) is 14.9. The molecule has 3 aromatic carbocycles. The second-order valence-electron chi connectivity index (χ2n) is 21.3. The Balaban J connectivity index is 1.21. The Morgan fingerprint density at radius 3 is 1.76 bits per heavy atom. The minimum absolute atomic E-state index is 0.00607. The zero-order chi connectivity index (χ0) is 62.8. The SMILES string of the molecule is CC[C@H](C)[C@H](NC(=O)[C@H](CO)NC(=O)[C@H](Cc1ccc(O)cc1)NC(=O)[C@H](Cc1ccc(O)cc1)NC(=O)[C@H](CCC(N)=O)NC(=O)[C@@H](N)Cc1cnc[nH]1)C(=O)N1CCC[C@H]1C(=O)N[C@@H](Cc1c[nH]c2ccccc12)C(=O)N[C@H](C(=O)O)[C@@H](C)O. The van der Waals surface area contributed by atoms with Crippen LogP contribution in [-0.2, 0) is 73.6 Å². The number of benzene rings is 3. The summed E-state index contributed by atoms with van der Waals surface area (Å²) in [4.78, 5) is 149. The molecule has 28 heteroatoms. The highest BCUT2D eigenvalue weighted by molar-refractivity contribution is 5.99. The lowest BCUT2D eigenvalue weighted by molar-refractivity contribution is -0.146. The molecular formula is C58H75N13O15. The molecule has 86 heavy (non-hydrogen) atoms. The number of nitrogens with zero attached hydrogens (tertiary/aromatic N) is 2. The van der Waals surface area contributed by atoms with Gasteiger partial charge in [-0.15, -0.1) is 0 Å². The predicted molar refractivity (Wildman–Crippen MR) is 308 cm³/mol. The molecule has 3 heterocycles. The lowest BCUT2D eigenvalue weighted by atomic mass is 9.96. The number of para-hydroxylation sites is 1. The smallest absolute Gasteiger partial charge is 0.328 e. The van der Waals surface area contributed by atoms with Crippen molar-refractivity contribution < 1.29 is 73.5 Å². The second-order valence-corrected chi connectivity index (χ2v) is 21.3. The molecular weight excluding hydrogens is 1120 g/mol. The monoisotopic (exact) mass is 1190 g/mol. The van der Waals surface area contributed by atoms with E-state index < -0.39 is 132 Å². The number of aliphatic hydroxyl groups excluding tert-OH is 2. The summed E-state index contributed by atoms with van der Waals surface area (Å²) in [6, 6.07) is 5.05. The number of carbonyl (C=O) groups is 10. The summed E-state index contributed by atoms with van der Waals surface area (Å²) in [5.74, 6) is -10.4. The molecule has 5 aromatic rings. The van der Waals surface area contributed by atoms with Crippen molar-refractivity contribution in [3.05, 3.63) is 114 Å². The summed E-state index contributed by atoms with van der Waals surface area (Å²) in [5.41, 5.74) is 14.2. The maximum atomic E-state index is 14.7. The number of nitrogens with one attached hydrogen (secondary N) is 9. The minimum atomic E-state index is -1.78. The number of carboxylic acids is 1. The average Bonchev–Trinajstić information content (AvgIpc) is 2.29. The zero-order valence-corrected chi connectivity index (χ0v) is 47.7. The average molecular weight is 1190 g/mol. The Hall–Kier alpha value is -9.41. The first-order valence-electron chi connectivity index (χ1n) is 28.0. The van der Waals surface area contributed by atoms with Crippen molar-refractivity contribution in [1.29, 1.82) is 0 Å². The van der Waals surface area contributed by atoms with Crippen LogP contribution in [0.2, 0.25) is 0 Å². The number of amides is 9. The summed E-state index contributed by atoms with van der Waals surface area (Å²) < 4.78 is 0. The van der Waals surface area contributed by atoms with E-state index in [9.17, 15) is 73.5 Å². The normalized spacial score (nSPS) is 16.5. The van der Waals surface area contributed by atoms with Gasteiger partial charge in [-0.2, -0.15) is 0 Å². The number of nitrogens with two attached hydrogens (primary N) is 2. The van der Waals surface area contributed by atoms with Gasteiger partial charge < -0.3 is 89.1 Å². The Bertz CT molecular complexity index is 3170. The number of fused-ring (bicyclic) bond motifs is 1. The van der Waals surface area contributed by atoms with Crippen LogP contribution in [0, 0.1) is 5.92 Å². The number of carbonyl (C=O) groups excluding carboxylic acids is 9. The van der Waals surface area contributed by atoms with E-state index in [0.29, 0.717) is 35.2 Å². The number of rotatable bonds is 31. The van der Waals surface area contributed by atoms with Crippen molar-refractivity contribution in [3.63, 3.8) is 0 Å². The van der Waals surface area contributed by atoms with Crippen LogP contribution >= 0.6 is 0 Å². The number of phenols is 2. The highest BCUT2D eigenvalue weighted by atomic mass is 16.4. The quantitative estimate of drug-likeness (QED) is 0.0229. The number of hydrogen-bond acceptors (Lipinski definition) is 16. The number of likely N-dealkylation sites (tertiary alicyclic amines) is 1. The number of aromatic amines is 2. The molecule has 0 spiro atoms. The van der Waals surface area contributed by atoms with Crippen LogP contribution in [0.4, 0.5) is 0 Å². The van der Waals surface area contributed by atoms with E-state index in [1.807, 2.05) is 0 Å². The molecule has 18 N–H and O–H groups in total. The summed E-state index contributed by atoms with van der Waals surface area (Å²) in [5, 5.41) is 69.2. The number of H-pyrrole nitrogens is 2. The molecule has 28 nitrogen and oxygen atoms in total. The Morgan fingerprint density at radius 2 is 1.21 bits per heavy atom. The van der Waals surface area contributed by atoms with Gasteiger partial charge in [0, 0.05) is 67.6 Å². The molecule has 1 aliphatic rings. The molecule has 0 bridgehead atoms. The number of primary amides is 1. The first-order chi connectivity index (χ1) is 41.0. The van der Waals surface area contributed by atoms with E-state index in [4.69, 9.17) is 11.5 Å². The highest BCUT2D eigenvalue weighted by Crippen LogP contribution is 2.24. The molecule has 11 atom stereocenters. The molecule has 0 saturated carbocycles. The van der Waals surface area contributed by atoms with Crippen LogP contribution in [0.15, 0.2) is 91.5 Å². The van der Waals surface area contributed by atoms with E-state index >= 15 is 0 Å². The second kappa shape index (κ2) is 30.9. The van der Waals surface area contributed by atoms with Gasteiger partial charge in [0.1, 0.15) is 53.8 Å². The fourth-order valence-electron chi connectivity index (χ4n) is 9.78. The van der Waals surface area contributed by atoms with Gasteiger partial charge in [-0.05, 0) is 79.1 Å². The minimum Gasteiger partial charge on any atom is -0.508 e. The van der Waals surface area contributed by atoms with Crippen molar-refractivity contribution in [2.45, 2.75) is 139 Å². The van der Waals surface area contributed by atoms with Crippen LogP contribution < -0.4 is 48.7 Å². The van der Waals surface area contributed by atoms with Crippen molar-refractivity contribution >= 4 is 70.0 Å². The molecule has 9 amide bonds. The van der Waals surface area contributed by atoms with Crippen molar-refractivity contribution in [3.8, 4) is 11.5 Å². The molecule has 0 unspecified atom stereocenters. The van der Waals surface area contributed by atoms with E-state index in [1.54, 1.807) is 44.3 Å². The van der Waals surface area contributed by atoms with E-state index in [0.717, 1.165) is 10.9 Å². The molecule has 1 saturated heterocycles. The van der Waals surface area contributed by atoms with E-state index in [1.165, 1.54) is 72.9 Å². The van der Waals surface area contributed by atoms with Crippen LogP contribution in [-0.4, -0.2) is 178 Å². The molecule has 6 rings (SSSR count). The summed E-state index contributed by atoms with van der Waals surface area (Å²) in [6.45, 7) is 3.59. The van der Waals surface area contributed by atoms with Crippen molar-refractivity contribution in [2.24, 2.45) is 17.4 Å². The van der Waals surface area contributed by atoms with Crippen LogP contribution in [0.1, 0.15) is 75.3 Å². The Labute approximate surface area is 494 Å². The van der Waals surface area contributed by atoms with Gasteiger partial charge in [-0.25, -0.2) is 9.78 Å². The number of aromatic hydroxyl groups is 2. The van der Waals surface area contributed by atoms with Crippen molar-refractivity contribution in [2.75, 3.05) is 13.2 Å². The molecule has 0 radical (unpaired) electrons. The van der Waals surface area contributed by atoms with Gasteiger partial charge in [0.25, 0.3) is 0 Å². The van der Waals surface area contributed by atoms with E-state index in [-0.39, 0.29) is 63.0 Å². The molecule has 2 aromatic heterocycles. The Kier molecular flexibility index (Phi) is 23.7. The van der Waals surface area contributed by atoms with Gasteiger partial charge in [0.15, 0.2) is 6.04 Å². The number of hydrogen-bond donors (Lipinski definition) is 16. The zero-order valence-electron chi connectivity index (χ0n) is 47.7. The molecule has 1 fully saturated rings. The number of imidazole rings is 1. The fraction of sp³-hybridized carbons (Fsp3) is 0.431. The van der Waals surface area contributed by atoms with E-state index in [2.05, 4.69) is 52.2 Å². The topological polar surface area (TPSA) is 456 Å². The largest absolute Gasteiger partial charge is 0.508 e. The lowest BCUT2D eigenvalue weighted by Gasteiger charge is -2.33. The van der Waals surface area contributed by atoms with Crippen LogP contribution in [0.25, 0.3) is 10.9 Å². The third kappa shape index (κ3) is 18.3. The summed E-state index contributed by atoms with van der Waals surface area (Å²) in [7, 11) is 0. The number of phenolic OH excluding ortho intramolecular Hbond substituents is 2. The maximum Gasteiger partial charge on any atom is 0.328 e. The number of aliphatic hydroxyl groups is 2. The highest BCUT2D eigenvalue weighted by Gasteiger charge is 2.42. The van der Waals surface area contributed by atoms with Gasteiger partial charge in [-0.1, -0.05) is 62.7 Å². The molecule has 462 valence electrons. The Morgan fingerprint density at radius 1 is 0.674 bits per heavy atom.